The molecule has 0 aliphatic rings. The van der Waals surface area contributed by atoms with Gasteiger partial charge in [-0.1, -0.05) is 12.1 Å². The molecule has 0 saturated carbocycles. The van der Waals surface area contributed by atoms with Crippen molar-refractivity contribution in [1.29, 1.82) is 0 Å². The molecule has 0 bridgehead atoms. The van der Waals surface area contributed by atoms with Crippen LogP contribution in [-0.2, 0) is 0 Å². The van der Waals surface area contributed by atoms with E-state index in [-0.39, 0.29) is 0 Å². The minimum Gasteiger partial charge on any atom is -0.384 e. The molecule has 2 rings (SSSR count). The fourth-order valence-electron chi connectivity index (χ4n) is 2.19. The Bertz CT molecular complexity index is 575. The van der Waals surface area contributed by atoms with Crippen molar-refractivity contribution in [3.8, 4) is 0 Å². The number of benzene rings is 1. The Labute approximate surface area is 108 Å². The lowest BCUT2D eigenvalue weighted by molar-refractivity contribution is 0.219. The van der Waals surface area contributed by atoms with Crippen LogP contribution in [-0.4, -0.2) is 10.1 Å². The summed E-state index contributed by atoms with van der Waals surface area (Å²) in [6.07, 6.45) is 1.16. The van der Waals surface area contributed by atoms with Crippen molar-refractivity contribution in [1.82, 2.24) is 4.98 Å². The number of aliphatic hydroxyl groups is 1. The van der Waals surface area contributed by atoms with E-state index >= 15 is 0 Å². The van der Waals surface area contributed by atoms with Gasteiger partial charge in [-0.3, -0.25) is 4.98 Å². The van der Waals surface area contributed by atoms with E-state index in [9.17, 15) is 5.11 Å². The van der Waals surface area contributed by atoms with E-state index in [0.29, 0.717) is 0 Å². The molecule has 94 valence electrons. The molecule has 1 aromatic heterocycles. The Hall–Kier alpha value is -1.67. The van der Waals surface area contributed by atoms with Crippen molar-refractivity contribution in [3.05, 3.63) is 64.0 Å². The number of nitrogens with zero attached hydrogens (tertiary/aromatic N) is 1. The van der Waals surface area contributed by atoms with Crippen LogP contribution in [0.25, 0.3) is 0 Å². The SMILES string of the molecule is Cc1cc(C(O)c2cc(C)c(C)cc2C)ccn1. The van der Waals surface area contributed by atoms with Crippen LogP contribution in [0.3, 0.4) is 0 Å². The van der Waals surface area contributed by atoms with Gasteiger partial charge in [0.1, 0.15) is 6.10 Å². The summed E-state index contributed by atoms with van der Waals surface area (Å²) in [6.45, 7) is 8.14. The Balaban J connectivity index is 2.46. The van der Waals surface area contributed by atoms with Crippen LogP contribution in [0, 0.1) is 27.7 Å². The Morgan fingerprint density at radius 3 is 2.28 bits per heavy atom. The highest BCUT2D eigenvalue weighted by atomic mass is 16.3. The molecule has 0 saturated heterocycles. The van der Waals surface area contributed by atoms with Crippen LogP contribution >= 0.6 is 0 Å². The zero-order valence-corrected chi connectivity index (χ0v) is 11.4. The molecule has 1 unspecified atom stereocenters. The predicted octanol–water partition coefficient (Wildman–Crippen LogP) is 3.40. The number of hydrogen-bond acceptors (Lipinski definition) is 2. The summed E-state index contributed by atoms with van der Waals surface area (Å²) in [6, 6.07) is 8.00. The topological polar surface area (TPSA) is 33.1 Å². The monoisotopic (exact) mass is 241 g/mol. The molecule has 1 N–H and O–H groups in total. The largest absolute Gasteiger partial charge is 0.384 e. The molecule has 0 aliphatic heterocycles. The van der Waals surface area contributed by atoms with Crippen molar-refractivity contribution in [2.75, 3.05) is 0 Å². The van der Waals surface area contributed by atoms with Crippen LogP contribution in [0.5, 0.6) is 0 Å². The maximum absolute atomic E-state index is 10.5. The first-order valence-corrected chi connectivity index (χ1v) is 6.17. The zero-order valence-electron chi connectivity index (χ0n) is 11.4. The highest BCUT2D eigenvalue weighted by Gasteiger charge is 2.14. The molecule has 0 amide bonds. The highest BCUT2D eigenvalue weighted by Crippen LogP contribution is 2.27. The third-order valence-electron chi connectivity index (χ3n) is 3.41. The summed E-state index contributed by atoms with van der Waals surface area (Å²) in [5.74, 6) is 0. The van der Waals surface area contributed by atoms with E-state index < -0.39 is 6.10 Å². The number of aliphatic hydroxyl groups excluding tert-OH is 1. The standard InChI is InChI=1S/C16H19NO/c1-10-7-12(3)15(8-11(10)2)16(18)14-5-6-17-13(4)9-14/h5-9,16,18H,1-4H3. The van der Waals surface area contributed by atoms with Crippen molar-refractivity contribution in [2.45, 2.75) is 33.8 Å². The Kier molecular flexibility index (Phi) is 3.48. The molecule has 2 aromatic rings. The fraction of sp³-hybridized carbons (Fsp3) is 0.312. The number of aryl methyl sites for hydroxylation is 4. The highest BCUT2D eigenvalue weighted by molar-refractivity contribution is 5.41. The summed E-state index contributed by atoms with van der Waals surface area (Å²) in [5, 5.41) is 10.5. The second-order valence-electron chi connectivity index (χ2n) is 4.93. The number of hydrogen-bond donors (Lipinski definition) is 1. The van der Waals surface area contributed by atoms with Gasteiger partial charge >= 0.3 is 0 Å². The minimum atomic E-state index is -0.578. The average Bonchev–Trinajstić information content (AvgIpc) is 2.33. The molecular weight excluding hydrogens is 222 g/mol. The molecule has 0 aliphatic carbocycles. The zero-order chi connectivity index (χ0) is 13.3. The van der Waals surface area contributed by atoms with Gasteiger partial charge < -0.3 is 5.11 Å². The molecule has 2 heteroatoms. The lowest BCUT2D eigenvalue weighted by atomic mass is 9.94. The van der Waals surface area contributed by atoms with Crippen LogP contribution < -0.4 is 0 Å². The van der Waals surface area contributed by atoms with E-state index in [2.05, 4.69) is 31.0 Å². The normalized spacial score (nSPS) is 12.5. The quantitative estimate of drug-likeness (QED) is 0.874. The molecule has 1 heterocycles. The maximum atomic E-state index is 10.5. The van der Waals surface area contributed by atoms with Crippen LogP contribution in [0.15, 0.2) is 30.5 Å². The van der Waals surface area contributed by atoms with Crippen molar-refractivity contribution in [2.24, 2.45) is 0 Å². The second-order valence-corrected chi connectivity index (χ2v) is 4.93. The first-order chi connectivity index (χ1) is 8.49. The second kappa shape index (κ2) is 4.91. The summed E-state index contributed by atoms with van der Waals surface area (Å²) in [5.41, 5.74) is 6.39. The first kappa shape index (κ1) is 12.8. The van der Waals surface area contributed by atoms with Crippen molar-refractivity contribution < 1.29 is 5.11 Å². The molecule has 0 radical (unpaired) electrons. The molecule has 0 fully saturated rings. The molecular formula is C16H19NO. The Morgan fingerprint density at radius 2 is 1.61 bits per heavy atom. The minimum absolute atomic E-state index is 0.578. The summed E-state index contributed by atoms with van der Waals surface area (Å²) >= 11 is 0. The van der Waals surface area contributed by atoms with Gasteiger partial charge in [0.2, 0.25) is 0 Å². The van der Waals surface area contributed by atoms with Gasteiger partial charge in [-0.2, -0.15) is 0 Å². The number of aromatic nitrogens is 1. The van der Waals surface area contributed by atoms with Crippen LogP contribution in [0.2, 0.25) is 0 Å². The van der Waals surface area contributed by atoms with E-state index in [1.807, 2.05) is 26.0 Å². The molecule has 1 aromatic carbocycles. The number of rotatable bonds is 2. The maximum Gasteiger partial charge on any atom is 0.104 e. The van der Waals surface area contributed by atoms with E-state index in [0.717, 1.165) is 22.4 Å². The molecule has 0 spiro atoms. The van der Waals surface area contributed by atoms with Gasteiger partial charge in [0, 0.05) is 11.9 Å². The molecule has 18 heavy (non-hydrogen) atoms. The predicted molar refractivity (Wildman–Crippen MR) is 73.7 cm³/mol. The lowest BCUT2D eigenvalue weighted by Crippen LogP contribution is -2.04. The van der Waals surface area contributed by atoms with Gasteiger partial charge in [0.05, 0.1) is 0 Å². The van der Waals surface area contributed by atoms with Gasteiger partial charge in [-0.25, -0.2) is 0 Å². The van der Waals surface area contributed by atoms with E-state index in [1.165, 1.54) is 11.1 Å². The van der Waals surface area contributed by atoms with Gasteiger partial charge in [0.15, 0.2) is 0 Å². The van der Waals surface area contributed by atoms with E-state index in [4.69, 9.17) is 0 Å². The van der Waals surface area contributed by atoms with Gasteiger partial charge in [0.25, 0.3) is 0 Å². The Morgan fingerprint density at radius 1 is 0.944 bits per heavy atom. The third kappa shape index (κ3) is 2.44. The molecule has 2 nitrogen and oxygen atoms in total. The van der Waals surface area contributed by atoms with Crippen molar-refractivity contribution >= 4 is 0 Å². The third-order valence-corrected chi connectivity index (χ3v) is 3.41. The molecule has 1 atom stereocenters. The lowest BCUT2D eigenvalue weighted by Gasteiger charge is -2.16. The van der Waals surface area contributed by atoms with Crippen LogP contribution in [0.4, 0.5) is 0 Å². The van der Waals surface area contributed by atoms with Gasteiger partial charge in [-0.05, 0) is 67.6 Å². The van der Waals surface area contributed by atoms with Crippen molar-refractivity contribution in [3.63, 3.8) is 0 Å². The smallest absolute Gasteiger partial charge is 0.104 e. The summed E-state index contributed by atoms with van der Waals surface area (Å²) in [7, 11) is 0. The number of pyridine rings is 1. The summed E-state index contributed by atoms with van der Waals surface area (Å²) in [4.78, 5) is 4.16. The van der Waals surface area contributed by atoms with Gasteiger partial charge in [-0.15, -0.1) is 0 Å². The van der Waals surface area contributed by atoms with Crippen LogP contribution in [0.1, 0.15) is 39.6 Å². The average molecular weight is 241 g/mol. The van der Waals surface area contributed by atoms with E-state index in [1.54, 1.807) is 6.20 Å². The fourth-order valence-corrected chi connectivity index (χ4v) is 2.19. The first-order valence-electron chi connectivity index (χ1n) is 6.17. The summed E-state index contributed by atoms with van der Waals surface area (Å²) < 4.78 is 0.